The van der Waals surface area contributed by atoms with Gasteiger partial charge in [0.2, 0.25) is 0 Å². The van der Waals surface area contributed by atoms with Crippen molar-refractivity contribution in [1.82, 2.24) is 4.57 Å². The van der Waals surface area contributed by atoms with Gasteiger partial charge in [0.1, 0.15) is 0 Å². The molecule has 0 heterocycles. The molecule has 0 aromatic heterocycles. The molecule has 12 heavy (non-hydrogen) atoms. The smallest absolute Gasteiger partial charge is 0.0973 e. The van der Waals surface area contributed by atoms with E-state index in [1.54, 1.807) is 0 Å². The molecule has 0 saturated heterocycles. The van der Waals surface area contributed by atoms with E-state index < -0.39 is 0 Å². The third-order valence-electron chi connectivity index (χ3n) is 2.66. The van der Waals surface area contributed by atoms with Crippen molar-refractivity contribution in [2.75, 3.05) is 0 Å². The Hall–Kier alpha value is 1.12. The minimum atomic E-state index is 0.178. The molecule has 2 unspecified atom stereocenters. The molecular weight excluding hydrogens is 293 g/mol. The lowest BCUT2D eigenvalue weighted by Crippen LogP contribution is -2.43. The summed E-state index contributed by atoms with van der Waals surface area (Å²) in [4.78, 5) is 0. The van der Waals surface area contributed by atoms with E-state index in [9.17, 15) is 0 Å². The molecule has 1 nitrogen and oxygen atoms in total. The van der Waals surface area contributed by atoms with Crippen molar-refractivity contribution in [2.45, 2.75) is 52.6 Å². The van der Waals surface area contributed by atoms with Crippen LogP contribution in [0.25, 0.3) is 0 Å². The predicted molar refractivity (Wildman–Crippen MR) is 72.5 cm³/mol. The van der Waals surface area contributed by atoms with Crippen LogP contribution in [-0.2, 0) is 0 Å². The average Bonchev–Trinajstić information content (AvgIpc) is 2.11. The number of hydrogen-bond donors (Lipinski definition) is 0. The zero-order valence-corrected chi connectivity index (χ0v) is 13.8. The first-order valence-electron chi connectivity index (χ1n) is 4.99. The highest BCUT2D eigenvalue weighted by molar-refractivity contribution is 14.1. The maximum Gasteiger partial charge on any atom is 0.0973 e. The third-order valence-corrected chi connectivity index (χ3v) is 11.0. The molecule has 2 atom stereocenters. The maximum absolute atomic E-state index is 2.82. The van der Waals surface area contributed by atoms with Gasteiger partial charge in [0.15, 0.2) is 0 Å². The van der Waals surface area contributed by atoms with E-state index in [0.717, 1.165) is 12.1 Å². The molecule has 4 heteroatoms. The molecular formula is C8H22INSi2. The van der Waals surface area contributed by atoms with Crippen LogP contribution in [0.15, 0.2) is 0 Å². The van der Waals surface area contributed by atoms with Gasteiger partial charge in [-0.15, -0.1) is 21.8 Å². The van der Waals surface area contributed by atoms with Crippen LogP contribution < -0.4 is 0 Å². The van der Waals surface area contributed by atoms with E-state index in [0.29, 0.717) is 6.53 Å². The van der Waals surface area contributed by atoms with Crippen LogP contribution in [0.1, 0.15) is 40.5 Å². The molecule has 0 aromatic carbocycles. The summed E-state index contributed by atoms with van der Waals surface area (Å²) >= 11 is 2.66. The van der Waals surface area contributed by atoms with Crippen molar-refractivity contribution >= 4 is 37.5 Å². The van der Waals surface area contributed by atoms with Gasteiger partial charge in [0, 0.05) is 0 Å². The van der Waals surface area contributed by atoms with Gasteiger partial charge in [-0.25, -0.2) is 0 Å². The Labute approximate surface area is 94.4 Å². The van der Waals surface area contributed by atoms with Crippen LogP contribution in [0.3, 0.4) is 0 Å². The molecule has 0 amide bonds. The Balaban J connectivity index is 4.01. The van der Waals surface area contributed by atoms with Crippen molar-refractivity contribution in [3.63, 3.8) is 0 Å². The van der Waals surface area contributed by atoms with Gasteiger partial charge in [-0.1, -0.05) is 27.7 Å². The molecule has 0 fully saturated rings. The third kappa shape index (κ3) is 4.39. The van der Waals surface area contributed by atoms with E-state index in [-0.39, 0.29) is 9.20 Å². The van der Waals surface area contributed by atoms with Gasteiger partial charge in [-0.05, 0) is 24.9 Å². The van der Waals surface area contributed by atoms with E-state index >= 15 is 0 Å². The zero-order valence-electron chi connectivity index (χ0n) is 8.81. The molecule has 0 rings (SSSR count). The molecule has 0 aromatic rings. The normalized spacial score (nSPS) is 18.5. The zero-order chi connectivity index (χ0) is 9.56. The van der Waals surface area contributed by atoms with Crippen LogP contribution >= 0.6 is 21.8 Å². The van der Waals surface area contributed by atoms with Crippen LogP contribution in [0.2, 0.25) is 0 Å². The van der Waals surface area contributed by atoms with Gasteiger partial charge < -0.3 is 4.57 Å². The summed E-state index contributed by atoms with van der Waals surface area (Å²) in [6.45, 7) is 9.69. The van der Waals surface area contributed by atoms with Crippen molar-refractivity contribution in [3.8, 4) is 0 Å². The molecule has 0 aliphatic carbocycles. The Morgan fingerprint density at radius 1 is 1.17 bits per heavy atom. The summed E-state index contributed by atoms with van der Waals surface area (Å²) in [5.41, 5.74) is 0. The van der Waals surface area contributed by atoms with Crippen molar-refractivity contribution < 1.29 is 0 Å². The second kappa shape index (κ2) is 7.52. The molecule has 0 saturated carbocycles. The highest BCUT2D eigenvalue weighted by Gasteiger charge is 2.16. The van der Waals surface area contributed by atoms with Crippen molar-refractivity contribution in [1.29, 1.82) is 0 Å². The lowest BCUT2D eigenvalue weighted by atomic mass is 10.2. The fourth-order valence-electron chi connectivity index (χ4n) is 1.44. The monoisotopic (exact) mass is 315 g/mol. The molecule has 0 aliphatic rings. The highest BCUT2D eigenvalue weighted by atomic mass is 127. The average molecular weight is 315 g/mol. The summed E-state index contributed by atoms with van der Waals surface area (Å²) in [5, 5.41) is 0. The van der Waals surface area contributed by atoms with Crippen LogP contribution in [0.5, 0.6) is 0 Å². The topological polar surface area (TPSA) is 3.24 Å². The van der Waals surface area contributed by atoms with E-state index in [1.165, 1.54) is 12.8 Å². The molecule has 0 aliphatic heterocycles. The minimum absolute atomic E-state index is 0.178. The summed E-state index contributed by atoms with van der Waals surface area (Å²) in [6.07, 6.45) is 2.64. The number of rotatable bonds is 6. The lowest BCUT2D eigenvalue weighted by Gasteiger charge is -2.33. The van der Waals surface area contributed by atoms with E-state index in [4.69, 9.17) is 0 Å². The summed E-state index contributed by atoms with van der Waals surface area (Å²) in [6, 6.07) is 1.68. The Kier molecular flexibility index (Phi) is 8.22. The number of nitrogens with zero attached hydrogens (tertiary/aromatic N) is 1. The predicted octanol–water partition coefficient (Wildman–Crippen LogP) is 1.40. The largest absolute Gasteiger partial charge is 0.326 e. The minimum Gasteiger partial charge on any atom is -0.326 e. The molecule has 74 valence electrons. The molecule has 0 bridgehead atoms. The quantitative estimate of drug-likeness (QED) is 0.407. The van der Waals surface area contributed by atoms with Crippen LogP contribution in [0.4, 0.5) is 0 Å². The molecule has 0 radical (unpaired) electrons. The number of hydrogen-bond acceptors (Lipinski definition) is 1. The Morgan fingerprint density at radius 2 is 1.58 bits per heavy atom. The SMILES string of the molecule is CCC(C)N([SiH2][SiH2]I)C(C)CC. The maximum atomic E-state index is 2.82. The summed E-state index contributed by atoms with van der Waals surface area (Å²) in [5.74, 6) is 0. The van der Waals surface area contributed by atoms with Crippen molar-refractivity contribution in [3.05, 3.63) is 0 Å². The van der Waals surface area contributed by atoms with E-state index in [1.807, 2.05) is 0 Å². The van der Waals surface area contributed by atoms with E-state index in [2.05, 4.69) is 54.1 Å². The van der Waals surface area contributed by atoms with Gasteiger partial charge in [-0.2, -0.15) is 0 Å². The second-order valence-electron chi connectivity index (χ2n) is 3.44. The molecule has 0 spiro atoms. The van der Waals surface area contributed by atoms with Gasteiger partial charge >= 0.3 is 0 Å². The first kappa shape index (κ1) is 13.1. The molecule has 0 N–H and O–H groups in total. The van der Waals surface area contributed by atoms with Gasteiger partial charge in [0.25, 0.3) is 0 Å². The Morgan fingerprint density at radius 3 is 1.83 bits per heavy atom. The standard InChI is InChI=1S/C8H22INSi2/c1-5-7(3)10(12-11-9)8(4)6-2/h7-8H,5-6,11-12H2,1-4H3. The summed E-state index contributed by atoms with van der Waals surface area (Å²) in [7, 11) is 0.178. The van der Waals surface area contributed by atoms with Crippen LogP contribution in [-0.4, -0.2) is 32.4 Å². The first-order chi connectivity index (χ1) is 5.67. The van der Waals surface area contributed by atoms with Crippen molar-refractivity contribution in [2.24, 2.45) is 0 Å². The lowest BCUT2D eigenvalue weighted by molar-refractivity contribution is 0.273. The first-order valence-corrected chi connectivity index (χ1v) is 14.7. The fraction of sp³-hybridized carbons (Fsp3) is 1.00. The fourth-order valence-corrected chi connectivity index (χ4v) is 11.3. The van der Waals surface area contributed by atoms with Gasteiger partial charge in [-0.3, -0.25) is 0 Å². The van der Waals surface area contributed by atoms with Crippen LogP contribution in [0, 0.1) is 0 Å². The second-order valence-corrected chi connectivity index (χ2v) is 17.2. The Bertz CT molecular complexity index is 103. The highest BCUT2D eigenvalue weighted by Crippen LogP contribution is 2.09. The van der Waals surface area contributed by atoms with Gasteiger partial charge in [0.05, 0.1) is 15.7 Å². The summed E-state index contributed by atoms with van der Waals surface area (Å²) < 4.78 is 2.82. The number of halogens is 1.